The van der Waals surface area contributed by atoms with E-state index in [2.05, 4.69) is 26.0 Å². The third kappa shape index (κ3) is 13.9. The summed E-state index contributed by atoms with van der Waals surface area (Å²) < 4.78 is 20.6. The smallest absolute Gasteiger partial charge is 0.160 e. The summed E-state index contributed by atoms with van der Waals surface area (Å²) in [6.07, 6.45) is 5.75. The highest BCUT2D eigenvalue weighted by atomic mass is 16.5. The van der Waals surface area contributed by atoms with E-state index in [1.807, 2.05) is 43.3 Å². The molecule has 0 radical (unpaired) electrons. The number of phenolic OH excluding ortho intramolecular Hbond substituents is 2. The van der Waals surface area contributed by atoms with Gasteiger partial charge < -0.3 is 29.2 Å². The molecule has 0 fully saturated rings. The lowest BCUT2D eigenvalue weighted by molar-refractivity contribution is 0.121. The van der Waals surface area contributed by atoms with Crippen LogP contribution in [0.4, 0.5) is 0 Å². The summed E-state index contributed by atoms with van der Waals surface area (Å²) in [7, 11) is 3.11. The highest BCUT2D eigenvalue weighted by Gasteiger charge is 2.03. The van der Waals surface area contributed by atoms with Gasteiger partial charge in [0.25, 0.3) is 0 Å². The molecule has 210 valence electrons. The summed E-state index contributed by atoms with van der Waals surface area (Å²) in [6.45, 7) is 9.09. The molecule has 0 aliphatic rings. The van der Waals surface area contributed by atoms with E-state index in [9.17, 15) is 10.2 Å². The van der Waals surface area contributed by atoms with Gasteiger partial charge in [-0.2, -0.15) is 0 Å². The van der Waals surface area contributed by atoms with Crippen LogP contribution in [-0.2, 0) is 29.1 Å². The van der Waals surface area contributed by atoms with Gasteiger partial charge in [-0.1, -0.05) is 69.2 Å². The van der Waals surface area contributed by atoms with Gasteiger partial charge in [-0.3, -0.25) is 0 Å². The van der Waals surface area contributed by atoms with Crippen LogP contribution < -0.4 is 9.47 Å². The number of benzene rings is 3. The Labute approximate surface area is 229 Å². The minimum atomic E-state index is 0.159. The summed E-state index contributed by atoms with van der Waals surface area (Å²) in [5, 5.41) is 18.7. The predicted molar refractivity (Wildman–Crippen MR) is 154 cm³/mol. The van der Waals surface area contributed by atoms with Crippen molar-refractivity contribution in [3.05, 3.63) is 83.4 Å². The maximum absolute atomic E-state index is 9.38. The van der Waals surface area contributed by atoms with Crippen molar-refractivity contribution in [2.24, 2.45) is 0 Å². The lowest BCUT2D eigenvalue weighted by atomic mass is 10.1. The summed E-state index contributed by atoms with van der Waals surface area (Å²) >= 11 is 0. The van der Waals surface area contributed by atoms with Crippen LogP contribution in [0.15, 0.2) is 66.7 Å². The first-order valence-corrected chi connectivity index (χ1v) is 13.4. The minimum Gasteiger partial charge on any atom is -0.504 e. The summed E-state index contributed by atoms with van der Waals surface area (Å²) in [6, 6.07) is 21.0. The number of unbranched alkanes of at least 4 members (excludes halogenated alkanes) is 2. The molecular formula is C32H46O6. The van der Waals surface area contributed by atoms with Gasteiger partial charge in [0.2, 0.25) is 0 Å². The zero-order valence-electron chi connectivity index (χ0n) is 23.7. The largest absolute Gasteiger partial charge is 0.504 e. The van der Waals surface area contributed by atoms with Crippen LogP contribution in [0, 0.1) is 0 Å². The van der Waals surface area contributed by atoms with Crippen LogP contribution in [-0.4, -0.2) is 37.6 Å². The van der Waals surface area contributed by atoms with E-state index < -0.39 is 0 Å². The van der Waals surface area contributed by atoms with E-state index in [1.165, 1.54) is 37.5 Å². The lowest BCUT2D eigenvalue weighted by Gasteiger charge is -2.06. The highest BCUT2D eigenvalue weighted by Crippen LogP contribution is 2.27. The van der Waals surface area contributed by atoms with E-state index in [1.54, 1.807) is 25.3 Å². The summed E-state index contributed by atoms with van der Waals surface area (Å²) in [5.74, 6) is 1.43. The Balaban J connectivity index is 0.000000290. The molecule has 0 amide bonds. The second-order valence-corrected chi connectivity index (χ2v) is 8.64. The molecule has 0 aliphatic heterocycles. The van der Waals surface area contributed by atoms with Crippen LogP contribution in [0.1, 0.15) is 63.1 Å². The lowest BCUT2D eigenvalue weighted by Crippen LogP contribution is -1.94. The van der Waals surface area contributed by atoms with E-state index in [0.717, 1.165) is 38.2 Å². The van der Waals surface area contributed by atoms with Gasteiger partial charge in [-0.25, -0.2) is 0 Å². The molecule has 3 aromatic carbocycles. The number of methoxy groups -OCH3 is 2. The maximum Gasteiger partial charge on any atom is 0.160 e. The Morgan fingerprint density at radius 3 is 1.74 bits per heavy atom. The minimum absolute atomic E-state index is 0.159. The van der Waals surface area contributed by atoms with Gasteiger partial charge in [0.05, 0.1) is 27.4 Å². The van der Waals surface area contributed by atoms with Crippen molar-refractivity contribution in [1.82, 2.24) is 0 Å². The first-order valence-electron chi connectivity index (χ1n) is 13.4. The first-order chi connectivity index (χ1) is 18.5. The topological polar surface area (TPSA) is 77.4 Å². The molecule has 0 bridgehead atoms. The second kappa shape index (κ2) is 20.8. The van der Waals surface area contributed by atoms with Gasteiger partial charge in [0.1, 0.15) is 0 Å². The van der Waals surface area contributed by atoms with E-state index in [4.69, 9.17) is 18.9 Å². The van der Waals surface area contributed by atoms with Crippen LogP contribution in [0.25, 0.3) is 0 Å². The van der Waals surface area contributed by atoms with Crippen molar-refractivity contribution in [2.45, 2.75) is 66.1 Å². The van der Waals surface area contributed by atoms with E-state index in [-0.39, 0.29) is 11.5 Å². The normalized spacial score (nSPS) is 10.0. The molecule has 3 rings (SSSR count). The van der Waals surface area contributed by atoms with Crippen LogP contribution in [0.2, 0.25) is 0 Å². The predicted octanol–water partition coefficient (Wildman–Crippen LogP) is 7.68. The number of phenols is 2. The van der Waals surface area contributed by atoms with E-state index in [0.29, 0.717) is 18.1 Å². The first kappa shape index (κ1) is 32.8. The van der Waals surface area contributed by atoms with Gasteiger partial charge in [0.15, 0.2) is 23.0 Å². The Hall–Kier alpha value is -3.22. The van der Waals surface area contributed by atoms with Crippen molar-refractivity contribution in [3.63, 3.8) is 0 Å². The molecule has 38 heavy (non-hydrogen) atoms. The highest BCUT2D eigenvalue weighted by molar-refractivity contribution is 5.42. The molecule has 0 atom stereocenters. The molecule has 0 saturated heterocycles. The Morgan fingerprint density at radius 1 is 0.605 bits per heavy atom. The SMILES string of the molecule is CCCCCc1ccc(O)c(OC)c1.CCCOCc1ccc(O)c(OC)c1.CCOCc1ccccc1. The fraction of sp³-hybridized carbons (Fsp3) is 0.438. The number of aromatic hydroxyl groups is 2. The molecule has 6 nitrogen and oxygen atoms in total. The molecule has 0 heterocycles. The van der Waals surface area contributed by atoms with Crippen LogP contribution in [0.3, 0.4) is 0 Å². The molecule has 0 aliphatic carbocycles. The fourth-order valence-corrected chi connectivity index (χ4v) is 3.40. The number of aryl methyl sites for hydroxylation is 1. The molecule has 0 unspecified atom stereocenters. The summed E-state index contributed by atoms with van der Waals surface area (Å²) in [4.78, 5) is 0. The van der Waals surface area contributed by atoms with Gasteiger partial charge >= 0.3 is 0 Å². The zero-order valence-corrected chi connectivity index (χ0v) is 23.7. The van der Waals surface area contributed by atoms with Gasteiger partial charge in [-0.15, -0.1) is 0 Å². The Bertz CT molecular complexity index is 931. The third-order valence-corrected chi connectivity index (χ3v) is 5.49. The monoisotopic (exact) mass is 526 g/mol. The Kier molecular flexibility index (Phi) is 18.0. The fourth-order valence-electron chi connectivity index (χ4n) is 3.40. The van der Waals surface area contributed by atoms with Crippen molar-refractivity contribution in [1.29, 1.82) is 0 Å². The summed E-state index contributed by atoms with van der Waals surface area (Å²) in [5.41, 5.74) is 3.48. The van der Waals surface area contributed by atoms with Crippen molar-refractivity contribution >= 4 is 0 Å². The molecule has 6 heteroatoms. The molecule has 2 N–H and O–H groups in total. The van der Waals surface area contributed by atoms with Crippen molar-refractivity contribution in [3.8, 4) is 23.0 Å². The maximum atomic E-state index is 9.38. The number of ether oxygens (including phenoxy) is 4. The quantitative estimate of drug-likeness (QED) is 0.222. The number of hydrogen-bond donors (Lipinski definition) is 2. The molecule has 0 saturated carbocycles. The number of rotatable bonds is 13. The Morgan fingerprint density at radius 2 is 1.18 bits per heavy atom. The standard InChI is InChI=1S/C12H18O2.C11H16O3.C9H12O/c1-3-4-5-6-10-7-8-11(13)12(9-10)14-2;1-3-6-14-8-9-4-5-10(12)11(7-9)13-2;1-2-10-8-9-6-4-3-5-7-9/h7-9,13H,3-6H2,1-2H3;4-5,7,12H,3,6,8H2,1-2H3;3-7H,2,8H2,1H3. The van der Waals surface area contributed by atoms with Gasteiger partial charge in [0, 0.05) is 13.2 Å². The molecule has 3 aromatic rings. The van der Waals surface area contributed by atoms with Crippen LogP contribution >= 0.6 is 0 Å². The second-order valence-electron chi connectivity index (χ2n) is 8.64. The zero-order chi connectivity index (χ0) is 28.0. The van der Waals surface area contributed by atoms with Gasteiger partial charge in [-0.05, 0) is 67.1 Å². The van der Waals surface area contributed by atoms with Crippen molar-refractivity contribution < 1.29 is 29.2 Å². The van der Waals surface area contributed by atoms with E-state index >= 15 is 0 Å². The molecular weight excluding hydrogens is 480 g/mol. The number of hydrogen-bond acceptors (Lipinski definition) is 6. The average Bonchev–Trinajstić information content (AvgIpc) is 2.95. The van der Waals surface area contributed by atoms with Crippen molar-refractivity contribution in [2.75, 3.05) is 27.4 Å². The molecule has 0 aromatic heterocycles. The van der Waals surface area contributed by atoms with Crippen LogP contribution in [0.5, 0.6) is 23.0 Å². The average molecular weight is 527 g/mol. The molecule has 0 spiro atoms. The third-order valence-electron chi connectivity index (χ3n) is 5.49.